The maximum atomic E-state index is 11.4. The molecule has 1 fully saturated rings. The highest BCUT2D eigenvalue weighted by Crippen LogP contribution is 2.07. The number of hydrogen-bond donors (Lipinski definition) is 3. The number of aromatic nitrogens is 3. The second-order valence-corrected chi connectivity index (χ2v) is 4.16. The van der Waals surface area contributed by atoms with Crippen LogP contribution in [-0.2, 0) is 17.8 Å². The molecule has 0 aromatic carbocycles. The van der Waals surface area contributed by atoms with E-state index in [-0.39, 0.29) is 37.8 Å². The normalized spacial score (nSPS) is 14.8. The van der Waals surface area contributed by atoms with Crippen LogP contribution in [0.2, 0.25) is 0 Å². The van der Waals surface area contributed by atoms with E-state index in [1.807, 2.05) is 0 Å². The Labute approximate surface area is 113 Å². The third kappa shape index (κ3) is 2.59. The van der Waals surface area contributed by atoms with Crippen molar-refractivity contribution in [3.8, 4) is 0 Å². The molecule has 0 spiro atoms. The molecule has 0 atom stereocenters. The van der Waals surface area contributed by atoms with Gasteiger partial charge in [0.1, 0.15) is 0 Å². The van der Waals surface area contributed by atoms with Gasteiger partial charge in [0, 0.05) is 6.42 Å². The molecule has 20 heavy (non-hydrogen) atoms. The van der Waals surface area contributed by atoms with Crippen molar-refractivity contribution in [2.45, 2.75) is 13.0 Å². The van der Waals surface area contributed by atoms with Gasteiger partial charge in [-0.1, -0.05) is 5.21 Å². The van der Waals surface area contributed by atoms with E-state index in [1.54, 1.807) is 0 Å². The summed E-state index contributed by atoms with van der Waals surface area (Å²) in [7, 11) is 0. The molecule has 0 unspecified atom stereocenters. The minimum atomic E-state index is -1.19. The van der Waals surface area contributed by atoms with Gasteiger partial charge in [0.15, 0.2) is 5.69 Å². The number of aromatic carboxylic acids is 1. The Morgan fingerprint density at radius 3 is 2.70 bits per heavy atom. The number of nitrogens with one attached hydrogen (secondary N) is 1. The van der Waals surface area contributed by atoms with Crippen molar-refractivity contribution in [2.24, 2.45) is 5.73 Å². The maximum Gasteiger partial charge on any atom is 0.358 e. The highest BCUT2D eigenvalue weighted by Gasteiger charge is 2.28. The van der Waals surface area contributed by atoms with E-state index in [4.69, 9.17) is 10.8 Å². The SMILES string of the molecule is NCCc1c(C(=O)O)nnn1CCN1C(=O)CNC1=O. The predicted molar refractivity (Wildman–Crippen MR) is 64.9 cm³/mol. The molecule has 0 saturated carbocycles. The number of imide groups is 1. The van der Waals surface area contributed by atoms with Gasteiger partial charge >= 0.3 is 12.0 Å². The first-order valence-corrected chi connectivity index (χ1v) is 5.98. The lowest BCUT2D eigenvalue weighted by atomic mass is 10.2. The fourth-order valence-electron chi connectivity index (χ4n) is 1.94. The molecule has 4 N–H and O–H groups in total. The Morgan fingerprint density at radius 1 is 1.40 bits per heavy atom. The number of amides is 3. The van der Waals surface area contributed by atoms with Gasteiger partial charge in [-0.05, 0) is 6.54 Å². The smallest absolute Gasteiger partial charge is 0.358 e. The summed E-state index contributed by atoms with van der Waals surface area (Å²) >= 11 is 0. The Hall–Kier alpha value is -2.49. The van der Waals surface area contributed by atoms with Crippen LogP contribution in [0.25, 0.3) is 0 Å². The van der Waals surface area contributed by atoms with Crippen molar-refractivity contribution >= 4 is 17.9 Å². The van der Waals surface area contributed by atoms with Gasteiger partial charge in [0.2, 0.25) is 5.91 Å². The molecule has 0 bridgehead atoms. The van der Waals surface area contributed by atoms with E-state index in [2.05, 4.69) is 15.6 Å². The van der Waals surface area contributed by atoms with Crippen molar-refractivity contribution in [2.75, 3.05) is 19.6 Å². The number of urea groups is 1. The van der Waals surface area contributed by atoms with E-state index >= 15 is 0 Å². The summed E-state index contributed by atoms with van der Waals surface area (Å²) in [5, 5.41) is 18.7. The summed E-state index contributed by atoms with van der Waals surface area (Å²) in [6, 6.07) is -0.464. The summed E-state index contributed by atoms with van der Waals surface area (Å²) in [4.78, 5) is 34.8. The second-order valence-electron chi connectivity index (χ2n) is 4.16. The average molecular weight is 282 g/mol. The Kier molecular flexibility index (Phi) is 3.94. The molecule has 1 saturated heterocycles. The standard InChI is InChI=1S/C10H14N6O4/c11-2-1-6-8(9(18)19)13-14-16(6)4-3-15-7(17)5-12-10(15)20/h1-5,11H2,(H,12,20)(H,18,19). The fraction of sp³-hybridized carbons (Fsp3) is 0.500. The number of nitrogens with zero attached hydrogens (tertiary/aromatic N) is 4. The van der Waals surface area contributed by atoms with Crippen LogP contribution in [0.4, 0.5) is 4.79 Å². The highest BCUT2D eigenvalue weighted by molar-refractivity contribution is 6.01. The third-order valence-electron chi connectivity index (χ3n) is 2.89. The Balaban J connectivity index is 2.11. The highest BCUT2D eigenvalue weighted by atomic mass is 16.4. The molecule has 10 heteroatoms. The zero-order valence-electron chi connectivity index (χ0n) is 10.6. The van der Waals surface area contributed by atoms with Gasteiger partial charge in [-0.15, -0.1) is 5.10 Å². The lowest BCUT2D eigenvalue weighted by Gasteiger charge is -2.13. The summed E-state index contributed by atoms with van der Waals surface area (Å²) in [6.07, 6.45) is 0.300. The lowest BCUT2D eigenvalue weighted by molar-refractivity contribution is -0.125. The quantitative estimate of drug-likeness (QED) is 0.513. The zero-order chi connectivity index (χ0) is 14.7. The van der Waals surface area contributed by atoms with Crippen LogP contribution in [-0.4, -0.2) is 62.5 Å². The van der Waals surface area contributed by atoms with Gasteiger partial charge in [-0.25, -0.2) is 14.3 Å². The third-order valence-corrected chi connectivity index (χ3v) is 2.89. The van der Waals surface area contributed by atoms with Crippen LogP contribution >= 0.6 is 0 Å². The van der Waals surface area contributed by atoms with Crippen LogP contribution in [0.1, 0.15) is 16.2 Å². The fourth-order valence-corrected chi connectivity index (χ4v) is 1.94. The van der Waals surface area contributed by atoms with Gasteiger partial charge in [0.25, 0.3) is 0 Å². The van der Waals surface area contributed by atoms with Crippen molar-refractivity contribution in [3.05, 3.63) is 11.4 Å². The van der Waals surface area contributed by atoms with Gasteiger partial charge in [-0.3, -0.25) is 9.69 Å². The first kappa shape index (κ1) is 13.9. The summed E-state index contributed by atoms with van der Waals surface area (Å²) in [6.45, 7) is 0.502. The monoisotopic (exact) mass is 282 g/mol. The van der Waals surface area contributed by atoms with E-state index in [0.29, 0.717) is 12.1 Å². The number of hydrogen-bond acceptors (Lipinski definition) is 6. The predicted octanol–water partition coefficient (Wildman–Crippen LogP) is -1.97. The van der Waals surface area contributed by atoms with Crippen LogP contribution in [0.3, 0.4) is 0 Å². The van der Waals surface area contributed by atoms with E-state index < -0.39 is 12.0 Å². The largest absolute Gasteiger partial charge is 0.476 e. The number of carbonyl (C=O) groups excluding carboxylic acids is 2. The van der Waals surface area contributed by atoms with Crippen LogP contribution in [0.15, 0.2) is 0 Å². The number of carboxylic acids is 1. The Morgan fingerprint density at radius 2 is 2.15 bits per heavy atom. The molecular weight excluding hydrogens is 268 g/mol. The zero-order valence-corrected chi connectivity index (χ0v) is 10.6. The first-order chi connectivity index (χ1) is 9.54. The molecule has 0 aliphatic carbocycles. The van der Waals surface area contributed by atoms with Crippen molar-refractivity contribution in [3.63, 3.8) is 0 Å². The van der Waals surface area contributed by atoms with Crippen molar-refractivity contribution in [1.29, 1.82) is 0 Å². The van der Waals surface area contributed by atoms with Gasteiger partial charge < -0.3 is 16.2 Å². The lowest BCUT2D eigenvalue weighted by Crippen LogP contribution is -2.34. The van der Waals surface area contributed by atoms with Crippen LogP contribution in [0.5, 0.6) is 0 Å². The topological polar surface area (TPSA) is 143 Å². The molecule has 1 aromatic rings. The second kappa shape index (κ2) is 5.65. The van der Waals surface area contributed by atoms with E-state index in [0.717, 1.165) is 4.90 Å². The molecule has 2 heterocycles. The molecule has 108 valence electrons. The summed E-state index contributed by atoms with van der Waals surface area (Å²) < 4.78 is 1.36. The molecule has 3 amide bonds. The molecule has 0 radical (unpaired) electrons. The van der Waals surface area contributed by atoms with Gasteiger partial charge in [-0.2, -0.15) is 0 Å². The van der Waals surface area contributed by atoms with E-state index in [9.17, 15) is 14.4 Å². The number of rotatable bonds is 6. The summed E-state index contributed by atoms with van der Waals surface area (Å²) in [5.41, 5.74) is 5.65. The summed E-state index contributed by atoms with van der Waals surface area (Å²) in [5.74, 6) is -1.51. The molecule has 2 rings (SSSR count). The van der Waals surface area contributed by atoms with Crippen molar-refractivity contribution in [1.82, 2.24) is 25.2 Å². The van der Waals surface area contributed by atoms with E-state index in [1.165, 1.54) is 4.68 Å². The average Bonchev–Trinajstić information content (AvgIpc) is 2.93. The van der Waals surface area contributed by atoms with Crippen LogP contribution < -0.4 is 11.1 Å². The maximum absolute atomic E-state index is 11.4. The van der Waals surface area contributed by atoms with Crippen molar-refractivity contribution < 1.29 is 19.5 Å². The number of nitrogens with two attached hydrogens (primary N) is 1. The number of carbonyl (C=O) groups is 3. The van der Waals surface area contributed by atoms with Gasteiger partial charge in [0.05, 0.1) is 25.3 Å². The molecule has 10 nitrogen and oxygen atoms in total. The molecule has 1 aliphatic heterocycles. The first-order valence-electron chi connectivity index (χ1n) is 5.98. The minimum Gasteiger partial charge on any atom is -0.476 e. The number of carboxylic acid groups (broad SMARTS) is 1. The Bertz CT molecular complexity index is 538. The molecule has 1 aliphatic rings. The molecule has 1 aromatic heterocycles. The van der Waals surface area contributed by atoms with Crippen LogP contribution in [0, 0.1) is 0 Å². The molecular formula is C10H14N6O4. The minimum absolute atomic E-state index is 0.0216.